The van der Waals surface area contributed by atoms with E-state index in [0.29, 0.717) is 0 Å². The standard InChI is InChI=1S/C17H33N5O/c1-3-18-17(20-13-16(23)22-10-4-5-11-22)19-8-12-21-9-6-7-15(2)14-21/h15H,3-14H2,1-2H3,(H2,18,19,20). The van der Waals surface area contributed by atoms with Crippen LogP contribution in [0.2, 0.25) is 0 Å². The zero-order valence-corrected chi connectivity index (χ0v) is 14.8. The lowest BCUT2D eigenvalue weighted by atomic mass is 10.0. The van der Waals surface area contributed by atoms with Gasteiger partial charge in [-0.15, -0.1) is 0 Å². The first-order valence-electron chi connectivity index (χ1n) is 9.21. The van der Waals surface area contributed by atoms with Crippen molar-refractivity contribution in [3.05, 3.63) is 0 Å². The first-order chi connectivity index (χ1) is 11.2. The number of nitrogens with zero attached hydrogens (tertiary/aromatic N) is 3. The highest BCUT2D eigenvalue weighted by atomic mass is 16.2. The fraction of sp³-hybridized carbons (Fsp3) is 0.882. The molecule has 0 radical (unpaired) electrons. The summed E-state index contributed by atoms with van der Waals surface area (Å²) in [4.78, 5) is 20.9. The molecule has 0 aromatic heterocycles. The molecule has 2 saturated heterocycles. The van der Waals surface area contributed by atoms with Crippen LogP contribution in [0.15, 0.2) is 4.99 Å². The number of hydrogen-bond donors (Lipinski definition) is 2. The molecule has 23 heavy (non-hydrogen) atoms. The van der Waals surface area contributed by atoms with Crippen LogP contribution in [0.1, 0.15) is 39.5 Å². The predicted octanol–water partition coefficient (Wildman–Crippen LogP) is 0.896. The van der Waals surface area contributed by atoms with Gasteiger partial charge in [0.25, 0.3) is 0 Å². The van der Waals surface area contributed by atoms with Crippen molar-refractivity contribution < 1.29 is 4.79 Å². The molecule has 0 aromatic carbocycles. The maximum atomic E-state index is 12.1. The third-order valence-electron chi connectivity index (χ3n) is 4.64. The van der Waals surface area contributed by atoms with Gasteiger partial charge in [0.05, 0.1) is 0 Å². The molecule has 6 nitrogen and oxygen atoms in total. The maximum Gasteiger partial charge on any atom is 0.244 e. The van der Waals surface area contributed by atoms with Gasteiger partial charge in [-0.2, -0.15) is 0 Å². The third kappa shape index (κ3) is 6.37. The van der Waals surface area contributed by atoms with Gasteiger partial charge in [0.1, 0.15) is 6.54 Å². The summed E-state index contributed by atoms with van der Waals surface area (Å²) in [6.07, 6.45) is 4.91. The van der Waals surface area contributed by atoms with Gasteiger partial charge in [-0.1, -0.05) is 6.92 Å². The quantitative estimate of drug-likeness (QED) is 0.563. The SMILES string of the molecule is CCNC(=NCC(=O)N1CCCC1)NCCN1CCCC(C)C1. The molecular formula is C17H33N5O. The van der Waals surface area contributed by atoms with Gasteiger partial charge in [-0.05, 0) is 45.1 Å². The van der Waals surface area contributed by atoms with Crippen molar-refractivity contribution >= 4 is 11.9 Å². The summed E-state index contributed by atoms with van der Waals surface area (Å²) in [6.45, 7) is 11.5. The molecule has 2 aliphatic rings. The number of hydrogen-bond acceptors (Lipinski definition) is 3. The summed E-state index contributed by atoms with van der Waals surface area (Å²) in [5, 5.41) is 6.58. The largest absolute Gasteiger partial charge is 0.357 e. The van der Waals surface area contributed by atoms with Crippen LogP contribution in [0, 0.1) is 5.92 Å². The monoisotopic (exact) mass is 323 g/mol. The van der Waals surface area contributed by atoms with Crippen LogP contribution in [0.5, 0.6) is 0 Å². The molecule has 2 heterocycles. The van der Waals surface area contributed by atoms with Crippen LogP contribution in [-0.4, -0.2) is 74.0 Å². The van der Waals surface area contributed by atoms with Crippen LogP contribution in [0.25, 0.3) is 0 Å². The van der Waals surface area contributed by atoms with Gasteiger partial charge in [0.2, 0.25) is 5.91 Å². The van der Waals surface area contributed by atoms with E-state index in [0.717, 1.165) is 57.4 Å². The van der Waals surface area contributed by atoms with Gasteiger partial charge in [-0.3, -0.25) is 4.79 Å². The lowest BCUT2D eigenvalue weighted by Crippen LogP contribution is -2.44. The Kier molecular flexibility index (Phi) is 7.65. The number of aliphatic imine (C=N–C) groups is 1. The molecule has 1 atom stereocenters. The van der Waals surface area contributed by atoms with Gasteiger partial charge < -0.3 is 20.4 Å². The van der Waals surface area contributed by atoms with E-state index < -0.39 is 0 Å². The topological polar surface area (TPSA) is 60.0 Å². The van der Waals surface area contributed by atoms with Crippen molar-refractivity contribution in [3.63, 3.8) is 0 Å². The minimum Gasteiger partial charge on any atom is -0.357 e. The van der Waals surface area contributed by atoms with Gasteiger partial charge >= 0.3 is 0 Å². The van der Waals surface area contributed by atoms with E-state index in [-0.39, 0.29) is 12.5 Å². The number of carbonyl (C=O) groups excluding carboxylic acids is 1. The number of guanidine groups is 1. The third-order valence-corrected chi connectivity index (χ3v) is 4.64. The van der Waals surface area contributed by atoms with E-state index in [1.807, 2.05) is 11.8 Å². The lowest BCUT2D eigenvalue weighted by molar-refractivity contribution is -0.128. The highest BCUT2D eigenvalue weighted by Crippen LogP contribution is 2.14. The minimum absolute atomic E-state index is 0.143. The van der Waals surface area contributed by atoms with Crippen LogP contribution in [-0.2, 0) is 4.79 Å². The Hall–Kier alpha value is -1.30. The number of carbonyl (C=O) groups is 1. The summed E-state index contributed by atoms with van der Waals surface area (Å²) in [5.74, 6) is 1.71. The summed E-state index contributed by atoms with van der Waals surface area (Å²) in [5.41, 5.74) is 0. The minimum atomic E-state index is 0.143. The molecule has 0 aliphatic carbocycles. The molecule has 1 amide bonds. The van der Waals surface area contributed by atoms with Gasteiger partial charge in [0.15, 0.2) is 5.96 Å². The Labute approximate surface area is 140 Å². The molecule has 2 N–H and O–H groups in total. The van der Waals surface area contributed by atoms with E-state index in [4.69, 9.17) is 0 Å². The summed E-state index contributed by atoms with van der Waals surface area (Å²) < 4.78 is 0. The Morgan fingerprint density at radius 3 is 2.65 bits per heavy atom. The second-order valence-electron chi connectivity index (χ2n) is 6.76. The Bertz CT molecular complexity index is 392. The molecule has 1 unspecified atom stereocenters. The molecule has 132 valence electrons. The molecule has 2 fully saturated rings. The number of nitrogens with one attached hydrogen (secondary N) is 2. The summed E-state index contributed by atoms with van der Waals surface area (Å²) in [7, 11) is 0. The zero-order chi connectivity index (χ0) is 16.5. The second kappa shape index (κ2) is 9.75. The smallest absolute Gasteiger partial charge is 0.244 e. The average Bonchev–Trinajstić information content (AvgIpc) is 3.07. The Morgan fingerprint density at radius 1 is 1.17 bits per heavy atom. The number of rotatable bonds is 6. The fourth-order valence-corrected chi connectivity index (χ4v) is 3.38. The molecular weight excluding hydrogens is 290 g/mol. The normalized spacial score (nSPS) is 23.1. The number of amides is 1. The molecule has 0 saturated carbocycles. The van der Waals surface area contributed by atoms with Crippen LogP contribution in [0.3, 0.4) is 0 Å². The summed E-state index contributed by atoms with van der Waals surface area (Å²) in [6, 6.07) is 0. The first kappa shape index (κ1) is 18.0. The highest BCUT2D eigenvalue weighted by Gasteiger charge is 2.18. The van der Waals surface area contributed by atoms with Gasteiger partial charge in [-0.25, -0.2) is 4.99 Å². The summed E-state index contributed by atoms with van der Waals surface area (Å²) >= 11 is 0. The Balaban J connectivity index is 1.71. The molecule has 2 aliphatic heterocycles. The molecule has 0 aromatic rings. The van der Waals surface area contributed by atoms with Gasteiger partial charge in [0, 0.05) is 39.3 Å². The van der Waals surface area contributed by atoms with Crippen molar-refractivity contribution in [2.75, 3.05) is 52.4 Å². The fourth-order valence-electron chi connectivity index (χ4n) is 3.38. The molecule has 2 rings (SSSR count). The van der Waals surface area contributed by atoms with Crippen LogP contribution in [0.4, 0.5) is 0 Å². The molecule has 0 bridgehead atoms. The Morgan fingerprint density at radius 2 is 1.96 bits per heavy atom. The molecule has 0 spiro atoms. The van der Waals surface area contributed by atoms with Crippen molar-refractivity contribution in [2.45, 2.75) is 39.5 Å². The van der Waals surface area contributed by atoms with E-state index >= 15 is 0 Å². The van der Waals surface area contributed by atoms with Crippen LogP contribution < -0.4 is 10.6 Å². The second-order valence-corrected chi connectivity index (χ2v) is 6.76. The van der Waals surface area contributed by atoms with Crippen molar-refractivity contribution in [1.29, 1.82) is 0 Å². The van der Waals surface area contributed by atoms with E-state index in [9.17, 15) is 4.79 Å². The predicted molar refractivity (Wildman–Crippen MR) is 94.6 cm³/mol. The maximum absolute atomic E-state index is 12.1. The van der Waals surface area contributed by atoms with Crippen molar-refractivity contribution in [3.8, 4) is 0 Å². The molecule has 6 heteroatoms. The van der Waals surface area contributed by atoms with Crippen molar-refractivity contribution in [1.82, 2.24) is 20.4 Å². The van der Waals surface area contributed by atoms with E-state index in [1.165, 1.54) is 25.9 Å². The number of likely N-dealkylation sites (tertiary alicyclic amines) is 2. The highest BCUT2D eigenvalue weighted by molar-refractivity contribution is 5.85. The van der Waals surface area contributed by atoms with Crippen molar-refractivity contribution in [2.24, 2.45) is 10.9 Å². The number of piperidine rings is 1. The lowest BCUT2D eigenvalue weighted by Gasteiger charge is -2.30. The average molecular weight is 323 g/mol. The van der Waals surface area contributed by atoms with E-state index in [1.54, 1.807) is 0 Å². The van der Waals surface area contributed by atoms with E-state index in [2.05, 4.69) is 27.4 Å². The zero-order valence-electron chi connectivity index (χ0n) is 14.8. The first-order valence-corrected chi connectivity index (χ1v) is 9.21. The van der Waals surface area contributed by atoms with Crippen LogP contribution >= 0.6 is 0 Å².